The van der Waals surface area contributed by atoms with Gasteiger partial charge in [-0.25, -0.2) is 0 Å². The molecule has 1 heterocycles. The maximum Gasteiger partial charge on any atom is 0.253 e. The highest BCUT2D eigenvalue weighted by molar-refractivity contribution is 5.92. The van der Waals surface area contributed by atoms with Crippen LogP contribution in [-0.2, 0) is 9.53 Å². The molecule has 166 valence electrons. The van der Waals surface area contributed by atoms with E-state index in [1.807, 2.05) is 29.2 Å². The number of carbonyl (C=O) groups excluding carboxylic acids is 1. The zero-order valence-corrected chi connectivity index (χ0v) is 17.8. The molecule has 0 spiro atoms. The molecule has 1 saturated heterocycles. The predicted octanol–water partition coefficient (Wildman–Crippen LogP) is 1.98. The third kappa shape index (κ3) is 4.74. The van der Waals surface area contributed by atoms with Crippen molar-refractivity contribution >= 4 is 23.0 Å². The van der Waals surface area contributed by atoms with Crippen molar-refractivity contribution in [2.24, 2.45) is 11.8 Å². The van der Waals surface area contributed by atoms with Gasteiger partial charge in [0.1, 0.15) is 17.1 Å². The number of anilines is 3. The summed E-state index contributed by atoms with van der Waals surface area (Å²) >= 11 is 0. The van der Waals surface area contributed by atoms with Crippen LogP contribution in [0.5, 0.6) is 5.75 Å². The number of benzene rings is 1. The number of morpholine rings is 1. The molecule has 8 heteroatoms. The Morgan fingerprint density at radius 1 is 1.06 bits per heavy atom. The molecule has 1 aliphatic heterocycles. The second-order valence-corrected chi connectivity index (χ2v) is 8.30. The van der Waals surface area contributed by atoms with Crippen molar-refractivity contribution in [2.45, 2.75) is 25.7 Å². The van der Waals surface area contributed by atoms with E-state index in [9.17, 15) is 14.4 Å². The van der Waals surface area contributed by atoms with Crippen LogP contribution in [0.25, 0.3) is 0 Å². The first-order valence-electron chi connectivity index (χ1n) is 10.9. The fourth-order valence-corrected chi connectivity index (χ4v) is 4.43. The van der Waals surface area contributed by atoms with Gasteiger partial charge in [0.05, 0.1) is 20.3 Å². The quantitative estimate of drug-likeness (QED) is 0.652. The van der Waals surface area contributed by atoms with Gasteiger partial charge in [0.15, 0.2) is 0 Å². The Morgan fingerprint density at radius 2 is 1.74 bits per heavy atom. The Balaban J connectivity index is 1.25. The minimum absolute atomic E-state index is 0.00612. The topological polar surface area (TPSA) is 97.0 Å². The van der Waals surface area contributed by atoms with Gasteiger partial charge in [-0.2, -0.15) is 0 Å². The van der Waals surface area contributed by atoms with Crippen molar-refractivity contribution in [3.63, 3.8) is 0 Å². The van der Waals surface area contributed by atoms with Gasteiger partial charge in [-0.15, -0.1) is 0 Å². The van der Waals surface area contributed by atoms with Crippen LogP contribution >= 0.6 is 0 Å². The minimum Gasteiger partial charge on any atom is -0.497 e. The minimum atomic E-state index is -0.422. The second-order valence-electron chi connectivity index (χ2n) is 8.30. The Kier molecular flexibility index (Phi) is 6.56. The molecule has 2 N–H and O–H groups in total. The third-order valence-electron chi connectivity index (χ3n) is 6.36. The summed E-state index contributed by atoms with van der Waals surface area (Å²) in [6.07, 6.45) is 3.46. The summed E-state index contributed by atoms with van der Waals surface area (Å²) in [5.41, 5.74) is 0.912. The average Bonchev–Trinajstić information content (AvgIpc) is 2.82. The fraction of sp³-hybridized carbons (Fsp3) is 0.522. The molecule has 2 aromatic carbocycles. The molecule has 2 aliphatic rings. The molecule has 2 fully saturated rings. The molecule has 0 aromatic heterocycles. The highest BCUT2D eigenvalue weighted by Crippen LogP contribution is 2.31. The molecule has 1 saturated carbocycles. The molecule has 4 rings (SSSR count). The second kappa shape index (κ2) is 9.51. The normalized spacial score (nSPS) is 21.6. The van der Waals surface area contributed by atoms with E-state index >= 15 is 0 Å². The SMILES string of the molecule is COc1ccc(NC(=O)C2CCC(CNc3c(N4CCOCC4)c(=O)c3=O)CC2)cc1. The largest absolute Gasteiger partial charge is 0.497 e. The van der Waals surface area contributed by atoms with Crippen LogP contribution in [0, 0.1) is 11.8 Å². The van der Waals surface area contributed by atoms with Crippen molar-refractivity contribution in [1.82, 2.24) is 0 Å². The molecule has 1 aliphatic carbocycles. The van der Waals surface area contributed by atoms with Gasteiger partial charge in [0.25, 0.3) is 10.9 Å². The van der Waals surface area contributed by atoms with Crippen molar-refractivity contribution in [1.29, 1.82) is 0 Å². The first kappa shape index (κ1) is 21.4. The van der Waals surface area contributed by atoms with Crippen LogP contribution in [0.3, 0.4) is 0 Å². The summed E-state index contributed by atoms with van der Waals surface area (Å²) in [6.45, 7) is 3.05. The van der Waals surface area contributed by atoms with Crippen LogP contribution < -0.4 is 31.1 Å². The molecule has 8 nitrogen and oxygen atoms in total. The van der Waals surface area contributed by atoms with Gasteiger partial charge >= 0.3 is 0 Å². The van der Waals surface area contributed by atoms with Crippen LogP contribution in [0.1, 0.15) is 25.7 Å². The monoisotopic (exact) mass is 427 g/mol. The smallest absolute Gasteiger partial charge is 0.253 e. The van der Waals surface area contributed by atoms with Gasteiger partial charge in [0, 0.05) is 31.2 Å². The van der Waals surface area contributed by atoms with Gasteiger partial charge in [-0.3, -0.25) is 14.4 Å². The average molecular weight is 428 g/mol. The third-order valence-corrected chi connectivity index (χ3v) is 6.36. The first-order valence-corrected chi connectivity index (χ1v) is 10.9. The lowest BCUT2D eigenvalue weighted by Gasteiger charge is -2.32. The molecule has 0 bridgehead atoms. The van der Waals surface area contributed by atoms with Gasteiger partial charge in [-0.05, 0) is 55.9 Å². The van der Waals surface area contributed by atoms with Gasteiger partial charge in [0.2, 0.25) is 5.91 Å². The summed E-state index contributed by atoms with van der Waals surface area (Å²) in [6, 6.07) is 7.32. The Hall–Kier alpha value is -2.87. The summed E-state index contributed by atoms with van der Waals surface area (Å²) in [4.78, 5) is 38.6. The maximum absolute atomic E-state index is 12.6. The molecule has 0 unspecified atom stereocenters. The van der Waals surface area contributed by atoms with E-state index < -0.39 is 10.9 Å². The summed E-state index contributed by atoms with van der Waals surface area (Å²) < 4.78 is 10.5. The predicted molar refractivity (Wildman–Crippen MR) is 120 cm³/mol. The summed E-state index contributed by atoms with van der Waals surface area (Å²) in [5.74, 6) is 1.18. The van der Waals surface area contributed by atoms with Gasteiger partial charge in [-0.1, -0.05) is 0 Å². The van der Waals surface area contributed by atoms with E-state index in [0.29, 0.717) is 50.1 Å². The number of ether oxygens (including phenoxy) is 2. The zero-order chi connectivity index (χ0) is 21.8. The Labute approximate surface area is 181 Å². The van der Waals surface area contributed by atoms with Crippen molar-refractivity contribution in [3.8, 4) is 5.75 Å². The van der Waals surface area contributed by atoms with Crippen LogP contribution in [-0.4, -0.2) is 45.9 Å². The highest BCUT2D eigenvalue weighted by Gasteiger charge is 2.29. The number of methoxy groups -OCH3 is 1. The molecule has 1 amide bonds. The van der Waals surface area contributed by atoms with Crippen LogP contribution in [0.15, 0.2) is 33.9 Å². The summed E-state index contributed by atoms with van der Waals surface area (Å²) in [5, 5.41) is 6.21. The van der Waals surface area contributed by atoms with Crippen molar-refractivity contribution < 1.29 is 14.3 Å². The lowest BCUT2D eigenvalue weighted by Crippen LogP contribution is -2.47. The standard InChI is InChI=1S/C23H29N3O5/c1-30-18-8-6-17(7-9-18)25-23(29)16-4-2-15(3-5-16)14-24-19-20(22(28)21(19)27)26-10-12-31-13-11-26/h6-9,15-16,24H,2-5,10-14H2,1H3,(H,25,29). The van der Waals surface area contributed by atoms with E-state index in [1.54, 1.807) is 7.11 Å². The van der Waals surface area contributed by atoms with E-state index in [4.69, 9.17) is 9.47 Å². The molecule has 31 heavy (non-hydrogen) atoms. The number of hydrogen-bond donors (Lipinski definition) is 2. The number of nitrogens with one attached hydrogen (secondary N) is 2. The zero-order valence-electron chi connectivity index (χ0n) is 17.8. The van der Waals surface area contributed by atoms with E-state index in [0.717, 1.165) is 37.1 Å². The molecule has 0 atom stereocenters. The Morgan fingerprint density at radius 3 is 2.39 bits per heavy atom. The highest BCUT2D eigenvalue weighted by atomic mass is 16.5. The molecular formula is C23H29N3O5. The van der Waals surface area contributed by atoms with E-state index in [1.165, 1.54) is 0 Å². The lowest BCUT2D eigenvalue weighted by atomic mass is 9.81. The number of amides is 1. The fourth-order valence-electron chi connectivity index (χ4n) is 4.43. The lowest BCUT2D eigenvalue weighted by molar-refractivity contribution is -0.121. The number of nitrogens with zero attached hydrogens (tertiary/aromatic N) is 1. The molecule has 2 aromatic rings. The number of carbonyl (C=O) groups is 1. The van der Waals surface area contributed by atoms with E-state index in [-0.39, 0.29) is 11.8 Å². The molecular weight excluding hydrogens is 398 g/mol. The maximum atomic E-state index is 12.6. The van der Waals surface area contributed by atoms with E-state index in [2.05, 4.69) is 10.6 Å². The summed E-state index contributed by atoms with van der Waals surface area (Å²) in [7, 11) is 1.61. The number of rotatable bonds is 7. The molecule has 0 radical (unpaired) electrons. The Bertz CT molecular complexity index is 966. The van der Waals surface area contributed by atoms with Crippen molar-refractivity contribution in [3.05, 3.63) is 44.7 Å². The first-order chi connectivity index (χ1) is 15.1. The van der Waals surface area contributed by atoms with Gasteiger partial charge < -0.3 is 25.0 Å². The van der Waals surface area contributed by atoms with Crippen LogP contribution in [0.2, 0.25) is 0 Å². The van der Waals surface area contributed by atoms with Crippen LogP contribution in [0.4, 0.5) is 17.1 Å². The van der Waals surface area contributed by atoms with Crippen molar-refractivity contribution in [2.75, 3.05) is 55.5 Å². The number of hydrogen-bond acceptors (Lipinski definition) is 7.